The largest absolute Gasteiger partial charge is 0.392 e. The molecule has 0 saturated carbocycles. The SMILES string of the molecule is CC(O)C(C)Sc1cc(Cl)ccc1C(=N)N. The minimum atomic E-state index is -0.427. The number of nitrogens with one attached hydrogen (secondary N) is 1. The van der Waals surface area contributed by atoms with Crippen LogP contribution in [0.25, 0.3) is 0 Å². The summed E-state index contributed by atoms with van der Waals surface area (Å²) in [6.07, 6.45) is -0.427. The zero-order chi connectivity index (χ0) is 12.3. The normalized spacial score (nSPS) is 14.5. The lowest BCUT2D eigenvalue weighted by Crippen LogP contribution is -2.17. The molecule has 0 bridgehead atoms. The molecule has 0 fully saturated rings. The molecule has 1 rings (SSSR count). The van der Waals surface area contributed by atoms with E-state index < -0.39 is 6.10 Å². The van der Waals surface area contributed by atoms with Crippen molar-refractivity contribution in [2.45, 2.75) is 30.1 Å². The first-order valence-electron chi connectivity index (χ1n) is 4.90. The van der Waals surface area contributed by atoms with Crippen molar-refractivity contribution in [2.24, 2.45) is 5.73 Å². The summed E-state index contributed by atoms with van der Waals surface area (Å²) >= 11 is 7.36. The lowest BCUT2D eigenvalue weighted by Gasteiger charge is -2.16. The van der Waals surface area contributed by atoms with Gasteiger partial charge in [0.2, 0.25) is 0 Å². The van der Waals surface area contributed by atoms with Crippen molar-refractivity contribution in [1.82, 2.24) is 0 Å². The Morgan fingerprint density at radius 1 is 1.50 bits per heavy atom. The van der Waals surface area contributed by atoms with Crippen LogP contribution in [0.4, 0.5) is 0 Å². The van der Waals surface area contributed by atoms with E-state index in [4.69, 9.17) is 22.7 Å². The molecule has 88 valence electrons. The molecule has 0 aromatic heterocycles. The van der Waals surface area contributed by atoms with Crippen LogP contribution in [0.5, 0.6) is 0 Å². The molecule has 1 aromatic rings. The first kappa shape index (κ1) is 13.4. The molecule has 2 atom stereocenters. The van der Waals surface area contributed by atoms with Crippen molar-refractivity contribution in [2.75, 3.05) is 0 Å². The molecule has 0 saturated heterocycles. The van der Waals surface area contributed by atoms with E-state index in [-0.39, 0.29) is 11.1 Å². The van der Waals surface area contributed by atoms with Gasteiger partial charge in [0, 0.05) is 20.7 Å². The van der Waals surface area contributed by atoms with E-state index in [0.717, 1.165) is 4.90 Å². The van der Waals surface area contributed by atoms with Gasteiger partial charge < -0.3 is 10.8 Å². The van der Waals surface area contributed by atoms with Gasteiger partial charge in [-0.2, -0.15) is 0 Å². The van der Waals surface area contributed by atoms with Gasteiger partial charge in [0.25, 0.3) is 0 Å². The van der Waals surface area contributed by atoms with Crippen molar-refractivity contribution in [3.8, 4) is 0 Å². The van der Waals surface area contributed by atoms with Crippen molar-refractivity contribution in [3.05, 3.63) is 28.8 Å². The maximum absolute atomic E-state index is 9.44. The summed E-state index contributed by atoms with van der Waals surface area (Å²) in [4.78, 5) is 0.827. The Morgan fingerprint density at radius 3 is 2.62 bits per heavy atom. The lowest BCUT2D eigenvalue weighted by molar-refractivity contribution is 0.196. The summed E-state index contributed by atoms with van der Waals surface area (Å²) in [5.41, 5.74) is 6.14. The molecular formula is C11H15ClN2OS. The highest BCUT2D eigenvalue weighted by molar-refractivity contribution is 8.00. The summed E-state index contributed by atoms with van der Waals surface area (Å²) < 4.78 is 0. The molecule has 0 amide bonds. The monoisotopic (exact) mass is 258 g/mol. The highest BCUT2D eigenvalue weighted by Crippen LogP contribution is 2.30. The maximum atomic E-state index is 9.44. The van der Waals surface area contributed by atoms with Crippen LogP contribution >= 0.6 is 23.4 Å². The average Bonchev–Trinajstić information content (AvgIpc) is 2.16. The summed E-state index contributed by atoms with van der Waals surface area (Å²) in [5.74, 6) is 0.0111. The predicted molar refractivity (Wildman–Crippen MR) is 69.5 cm³/mol. The molecular weight excluding hydrogens is 244 g/mol. The molecule has 0 aliphatic carbocycles. The third-order valence-electron chi connectivity index (χ3n) is 2.23. The molecule has 3 nitrogen and oxygen atoms in total. The number of hydrogen-bond acceptors (Lipinski definition) is 3. The molecule has 0 aliphatic heterocycles. The van der Waals surface area contributed by atoms with Gasteiger partial charge in [-0.1, -0.05) is 18.5 Å². The number of aliphatic hydroxyl groups excluding tert-OH is 1. The number of hydrogen-bond donors (Lipinski definition) is 3. The van der Waals surface area contributed by atoms with E-state index in [1.807, 2.05) is 6.92 Å². The zero-order valence-corrected chi connectivity index (χ0v) is 10.8. The number of nitrogen functional groups attached to an aromatic ring is 1. The van der Waals surface area contributed by atoms with E-state index in [1.165, 1.54) is 11.8 Å². The van der Waals surface area contributed by atoms with Gasteiger partial charge in [-0.15, -0.1) is 11.8 Å². The van der Waals surface area contributed by atoms with E-state index in [0.29, 0.717) is 10.6 Å². The summed E-state index contributed by atoms with van der Waals surface area (Å²) in [6, 6.07) is 5.19. The van der Waals surface area contributed by atoms with Crippen molar-refractivity contribution in [3.63, 3.8) is 0 Å². The van der Waals surface area contributed by atoms with Crippen molar-refractivity contribution >= 4 is 29.2 Å². The highest BCUT2D eigenvalue weighted by atomic mass is 35.5. The molecule has 0 spiro atoms. The van der Waals surface area contributed by atoms with Crippen LogP contribution in [0.15, 0.2) is 23.1 Å². The molecule has 0 radical (unpaired) electrons. The van der Waals surface area contributed by atoms with Crippen LogP contribution in [0.2, 0.25) is 5.02 Å². The van der Waals surface area contributed by atoms with Crippen LogP contribution in [-0.2, 0) is 0 Å². The van der Waals surface area contributed by atoms with Gasteiger partial charge in [0.1, 0.15) is 5.84 Å². The van der Waals surface area contributed by atoms with Crippen LogP contribution in [-0.4, -0.2) is 22.3 Å². The van der Waals surface area contributed by atoms with Crippen LogP contribution in [0.1, 0.15) is 19.4 Å². The van der Waals surface area contributed by atoms with Gasteiger partial charge in [0.15, 0.2) is 0 Å². The third-order valence-corrected chi connectivity index (χ3v) is 3.82. The second kappa shape index (κ2) is 5.57. The van der Waals surface area contributed by atoms with Crippen molar-refractivity contribution in [1.29, 1.82) is 5.41 Å². The standard InChI is InChI=1S/C11H15ClN2OS/c1-6(15)7(2)16-10-5-8(12)3-4-9(10)11(13)14/h3-7,15H,1-2H3,(H3,13,14). The fourth-order valence-electron chi connectivity index (χ4n) is 1.11. The number of halogens is 1. The summed E-state index contributed by atoms with van der Waals surface area (Å²) in [5, 5.41) is 17.5. The topological polar surface area (TPSA) is 70.1 Å². The molecule has 16 heavy (non-hydrogen) atoms. The fraction of sp³-hybridized carbons (Fsp3) is 0.364. The highest BCUT2D eigenvalue weighted by Gasteiger charge is 2.14. The number of thioether (sulfide) groups is 1. The molecule has 2 unspecified atom stereocenters. The predicted octanol–water partition coefficient (Wildman–Crippen LogP) is 2.49. The Kier molecular flexibility index (Phi) is 4.65. The van der Waals surface area contributed by atoms with Crippen LogP contribution in [0.3, 0.4) is 0 Å². The quantitative estimate of drug-likeness (QED) is 0.441. The van der Waals surface area contributed by atoms with E-state index >= 15 is 0 Å². The van der Waals surface area contributed by atoms with E-state index in [2.05, 4.69) is 0 Å². The summed E-state index contributed by atoms with van der Waals surface area (Å²) in [7, 11) is 0. The second-order valence-corrected chi connectivity index (χ2v) is 5.47. The smallest absolute Gasteiger partial charge is 0.123 e. The van der Waals surface area contributed by atoms with Gasteiger partial charge >= 0.3 is 0 Å². The summed E-state index contributed by atoms with van der Waals surface area (Å²) in [6.45, 7) is 3.65. The average molecular weight is 259 g/mol. The van der Waals surface area contributed by atoms with Gasteiger partial charge in [0.05, 0.1) is 6.10 Å². The Bertz CT molecular complexity index is 396. The lowest BCUT2D eigenvalue weighted by atomic mass is 10.2. The van der Waals surface area contributed by atoms with Crippen LogP contribution < -0.4 is 5.73 Å². The molecule has 0 aliphatic rings. The van der Waals surface area contributed by atoms with Gasteiger partial charge in [-0.3, -0.25) is 5.41 Å². The number of rotatable bonds is 4. The van der Waals surface area contributed by atoms with E-state index in [1.54, 1.807) is 25.1 Å². The first-order valence-corrected chi connectivity index (χ1v) is 6.16. The maximum Gasteiger partial charge on any atom is 0.123 e. The molecule has 4 N–H and O–H groups in total. The first-order chi connectivity index (χ1) is 7.41. The van der Waals surface area contributed by atoms with E-state index in [9.17, 15) is 5.11 Å². The zero-order valence-electron chi connectivity index (χ0n) is 9.20. The minimum Gasteiger partial charge on any atom is -0.392 e. The molecule has 0 heterocycles. The fourth-order valence-corrected chi connectivity index (χ4v) is 2.45. The number of nitrogens with two attached hydrogens (primary N) is 1. The Balaban J connectivity index is 3.01. The Morgan fingerprint density at radius 2 is 2.12 bits per heavy atom. The number of benzene rings is 1. The number of amidine groups is 1. The second-order valence-electron chi connectivity index (χ2n) is 3.62. The Hall–Kier alpha value is -0.710. The Labute approximate surface area is 105 Å². The van der Waals surface area contributed by atoms with Gasteiger partial charge in [-0.25, -0.2) is 0 Å². The molecule has 1 aromatic carbocycles. The van der Waals surface area contributed by atoms with Crippen molar-refractivity contribution < 1.29 is 5.11 Å². The number of aliphatic hydroxyl groups is 1. The molecule has 5 heteroatoms. The van der Waals surface area contributed by atoms with Crippen LogP contribution in [0, 0.1) is 5.41 Å². The minimum absolute atomic E-state index is 0.0111. The third kappa shape index (κ3) is 3.40. The van der Waals surface area contributed by atoms with Gasteiger partial charge in [-0.05, 0) is 25.1 Å².